The maximum Gasteiger partial charge on any atom is 0.205 e. The fourth-order valence-corrected chi connectivity index (χ4v) is 4.18. The molecule has 1 aromatic heterocycles. The highest BCUT2D eigenvalue weighted by Gasteiger charge is 2.26. The van der Waals surface area contributed by atoms with E-state index in [0.717, 1.165) is 35.7 Å². The van der Waals surface area contributed by atoms with Gasteiger partial charge in [-0.25, -0.2) is 0 Å². The van der Waals surface area contributed by atoms with Gasteiger partial charge in [0.25, 0.3) is 0 Å². The molecule has 1 aliphatic carbocycles. The van der Waals surface area contributed by atoms with E-state index in [1.165, 1.54) is 51.9 Å². The van der Waals surface area contributed by atoms with Gasteiger partial charge in [-0.05, 0) is 19.3 Å². The summed E-state index contributed by atoms with van der Waals surface area (Å²) in [5, 5.41) is 14.0. The molecule has 5 nitrogen and oxygen atoms in total. The molecule has 0 aromatic carbocycles. The Kier molecular flexibility index (Phi) is 5.43. The normalized spacial score (nSPS) is 22.0. The topological polar surface area (TPSA) is 44.3 Å². The molecular formula is C15H27N5S. The van der Waals surface area contributed by atoms with Crippen LogP contribution in [0.15, 0.2) is 0 Å². The Bertz CT molecular complexity index is 421. The minimum Gasteiger partial charge on any atom is -0.360 e. The van der Waals surface area contributed by atoms with Crippen molar-refractivity contribution < 1.29 is 0 Å². The highest BCUT2D eigenvalue weighted by Crippen LogP contribution is 2.25. The molecule has 6 heteroatoms. The number of hydrogen-bond donors (Lipinski definition) is 1. The molecular weight excluding hydrogens is 282 g/mol. The molecule has 0 amide bonds. The number of nitrogens with zero attached hydrogens (tertiary/aromatic N) is 4. The zero-order valence-corrected chi connectivity index (χ0v) is 13.9. The summed E-state index contributed by atoms with van der Waals surface area (Å²) in [4.78, 5) is 5.23. The van der Waals surface area contributed by atoms with Gasteiger partial charge in [-0.3, -0.25) is 9.80 Å². The number of hydrogen-bond acceptors (Lipinski definition) is 6. The molecule has 1 N–H and O–H groups in total. The fourth-order valence-electron chi connectivity index (χ4n) is 3.37. The van der Waals surface area contributed by atoms with Gasteiger partial charge in [-0.1, -0.05) is 31.1 Å². The fraction of sp³-hybridized carbons (Fsp3) is 0.867. The lowest BCUT2D eigenvalue weighted by Crippen LogP contribution is -2.49. The number of anilines is 1. The van der Waals surface area contributed by atoms with Crippen molar-refractivity contribution in [1.82, 2.24) is 20.0 Å². The predicted octanol–water partition coefficient (Wildman–Crippen LogP) is 2.42. The molecule has 2 fully saturated rings. The summed E-state index contributed by atoms with van der Waals surface area (Å²) in [6.07, 6.45) is 6.83. The summed E-state index contributed by atoms with van der Waals surface area (Å²) in [5.41, 5.74) is 0. The summed E-state index contributed by atoms with van der Waals surface area (Å²) in [6, 6.07) is 0.874. The van der Waals surface area contributed by atoms with Crippen molar-refractivity contribution in [2.75, 3.05) is 38.0 Å². The van der Waals surface area contributed by atoms with Crippen LogP contribution in [0.2, 0.25) is 0 Å². The lowest BCUT2D eigenvalue weighted by molar-refractivity contribution is 0.0935. The first kappa shape index (κ1) is 15.2. The molecule has 0 bridgehead atoms. The van der Waals surface area contributed by atoms with Crippen LogP contribution in [0, 0.1) is 0 Å². The third-order valence-electron chi connectivity index (χ3n) is 4.60. The van der Waals surface area contributed by atoms with Gasteiger partial charge in [0.2, 0.25) is 5.13 Å². The first-order valence-corrected chi connectivity index (χ1v) is 9.19. The van der Waals surface area contributed by atoms with Crippen LogP contribution < -0.4 is 5.32 Å². The van der Waals surface area contributed by atoms with Crippen LogP contribution in [0.1, 0.15) is 44.0 Å². The van der Waals surface area contributed by atoms with Gasteiger partial charge >= 0.3 is 0 Å². The van der Waals surface area contributed by atoms with Crippen LogP contribution in [-0.4, -0.2) is 58.8 Å². The largest absolute Gasteiger partial charge is 0.360 e. The summed E-state index contributed by atoms with van der Waals surface area (Å²) in [6.45, 7) is 8.91. The van der Waals surface area contributed by atoms with Crippen molar-refractivity contribution in [3.05, 3.63) is 5.01 Å². The van der Waals surface area contributed by atoms with E-state index in [2.05, 4.69) is 32.2 Å². The Morgan fingerprint density at radius 2 is 1.90 bits per heavy atom. The van der Waals surface area contributed by atoms with E-state index >= 15 is 0 Å². The molecule has 1 aromatic rings. The molecule has 2 aliphatic rings. The standard InChI is InChI=1S/C15H27N5S/c1-2-7-16-15-18-17-14(21-15)12-19-8-10-20(11-9-19)13-5-3-4-6-13/h13H,2-12H2,1H3,(H,16,18). The molecule has 0 radical (unpaired) electrons. The van der Waals surface area contributed by atoms with Crippen LogP contribution in [0.3, 0.4) is 0 Å². The van der Waals surface area contributed by atoms with E-state index in [9.17, 15) is 0 Å². The van der Waals surface area contributed by atoms with Gasteiger partial charge in [-0.15, -0.1) is 10.2 Å². The predicted molar refractivity (Wildman–Crippen MR) is 87.8 cm³/mol. The highest BCUT2D eigenvalue weighted by atomic mass is 32.1. The van der Waals surface area contributed by atoms with Crippen molar-refractivity contribution in [3.8, 4) is 0 Å². The van der Waals surface area contributed by atoms with Gasteiger partial charge < -0.3 is 5.32 Å². The lowest BCUT2D eigenvalue weighted by Gasteiger charge is -2.37. The lowest BCUT2D eigenvalue weighted by atomic mass is 10.2. The zero-order chi connectivity index (χ0) is 14.5. The molecule has 0 spiro atoms. The van der Waals surface area contributed by atoms with Crippen molar-refractivity contribution >= 4 is 16.5 Å². The average Bonchev–Trinajstić information content (AvgIpc) is 3.17. The maximum absolute atomic E-state index is 4.31. The summed E-state index contributed by atoms with van der Waals surface area (Å²) in [5.74, 6) is 0. The Balaban J connectivity index is 1.43. The minimum atomic E-state index is 0.874. The van der Waals surface area contributed by atoms with Gasteiger partial charge in [0.15, 0.2) is 0 Å². The van der Waals surface area contributed by atoms with Crippen LogP contribution in [0.4, 0.5) is 5.13 Å². The van der Waals surface area contributed by atoms with E-state index in [0.29, 0.717) is 0 Å². The van der Waals surface area contributed by atoms with Crippen LogP contribution >= 0.6 is 11.3 Å². The number of nitrogens with one attached hydrogen (secondary N) is 1. The van der Waals surface area contributed by atoms with Crippen molar-refractivity contribution in [2.45, 2.75) is 51.6 Å². The second-order valence-corrected chi connectivity index (χ2v) is 7.24. The molecule has 1 saturated heterocycles. The third kappa shape index (κ3) is 4.14. The van der Waals surface area contributed by atoms with E-state index in [4.69, 9.17) is 0 Å². The van der Waals surface area contributed by atoms with Crippen LogP contribution in [-0.2, 0) is 6.54 Å². The molecule has 0 atom stereocenters. The molecule has 0 unspecified atom stereocenters. The Hall–Kier alpha value is -0.720. The molecule has 2 heterocycles. The van der Waals surface area contributed by atoms with Crippen molar-refractivity contribution in [3.63, 3.8) is 0 Å². The minimum absolute atomic E-state index is 0.874. The molecule has 3 rings (SSSR count). The SMILES string of the molecule is CCCNc1nnc(CN2CCN(C3CCCC3)CC2)s1. The van der Waals surface area contributed by atoms with E-state index < -0.39 is 0 Å². The summed E-state index contributed by atoms with van der Waals surface area (Å²) in [7, 11) is 0. The summed E-state index contributed by atoms with van der Waals surface area (Å²) < 4.78 is 0. The number of aromatic nitrogens is 2. The first-order valence-electron chi connectivity index (χ1n) is 8.38. The Morgan fingerprint density at radius 1 is 1.14 bits per heavy atom. The second-order valence-electron chi connectivity index (χ2n) is 6.18. The molecule has 21 heavy (non-hydrogen) atoms. The third-order valence-corrected chi connectivity index (χ3v) is 5.47. The number of piperazine rings is 1. The van der Waals surface area contributed by atoms with E-state index in [1.54, 1.807) is 11.3 Å². The zero-order valence-electron chi connectivity index (χ0n) is 13.1. The highest BCUT2D eigenvalue weighted by molar-refractivity contribution is 7.15. The monoisotopic (exact) mass is 309 g/mol. The van der Waals surface area contributed by atoms with Gasteiger partial charge in [0, 0.05) is 38.8 Å². The first-order chi connectivity index (χ1) is 10.3. The average molecular weight is 309 g/mol. The number of rotatable bonds is 6. The van der Waals surface area contributed by atoms with Gasteiger partial charge in [-0.2, -0.15) is 0 Å². The van der Waals surface area contributed by atoms with Crippen LogP contribution in [0.5, 0.6) is 0 Å². The molecule has 118 valence electrons. The summed E-state index contributed by atoms with van der Waals surface area (Å²) >= 11 is 1.70. The quantitative estimate of drug-likeness (QED) is 0.874. The Morgan fingerprint density at radius 3 is 2.62 bits per heavy atom. The van der Waals surface area contributed by atoms with Crippen molar-refractivity contribution in [1.29, 1.82) is 0 Å². The van der Waals surface area contributed by atoms with Crippen molar-refractivity contribution in [2.24, 2.45) is 0 Å². The van der Waals surface area contributed by atoms with Crippen LogP contribution in [0.25, 0.3) is 0 Å². The Labute approximate surface area is 131 Å². The van der Waals surface area contributed by atoms with Gasteiger partial charge in [0.05, 0.1) is 6.54 Å². The maximum atomic E-state index is 4.31. The molecule has 1 aliphatic heterocycles. The van der Waals surface area contributed by atoms with E-state index in [1.807, 2.05) is 0 Å². The second kappa shape index (κ2) is 7.51. The smallest absolute Gasteiger partial charge is 0.205 e. The molecule has 1 saturated carbocycles. The van der Waals surface area contributed by atoms with E-state index in [-0.39, 0.29) is 0 Å². The van der Waals surface area contributed by atoms with Gasteiger partial charge in [0.1, 0.15) is 5.01 Å².